The quantitative estimate of drug-likeness (QED) is 0.836. The van der Waals surface area contributed by atoms with Crippen LogP contribution in [0.25, 0.3) is 0 Å². The fraction of sp³-hybridized carbons (Fsp3) is 0.667. The van der Waals surface area contributed by atoms with E-state index in [2.05, 4.69) is 29.8 Å². The number of rotatable bonds is 5. The Morgan fingerprint density at radius 3 is 2.80 bits per heavy atom. The molecule has 110 valence electrons. The van der Waals surface area contributed by atoms with Crippen LogP contribution in [0.1, 0.15) is 30.7 Å². The minimum atomic E-state index is 0.176. The molecule has 0 spiro atoms. The van der Waals surface area contributed by atoms with Crippen molar-refractivity contribution < 1.29 is 14.4 Å². The van der Waals surface area contributed by atoms with E-state index in [1.807, 2.05) is 0 Å². The van der Waals surface area contributed by atoms with Gasteiger partial charge in [-0.25, -0.2) is 0 Å². The summed E-state index contributed by atoms with van der Waals surface area (Å²) in [4.78, 5) is 14.9. The minimum Gasteiger partial charge on any atom is -0.370 e. The fourth-order valence-electron chi connectivity index (χ4n) is 2.99. The molecule has 0 radical (unpaired) electrons. The van der Waals surface area contributed by atoms with Crippen LogP contribution in [0.2, 0.25) is 0 Å². The van der Waals surface area contributed by atoms with E-state index in [0.29, 0.717) is 6.04 Å². The molecule has 2 fully saturated rings. The number of carbonyl (C=O) groups is 1. The van der Waals surface area contributed by atoms with Gasteiger partial charge in [-0.05, 0) is 31.2 Å². The van der Waals surface area contributed by atoms with E-state index >= 15 is 0 Å². The van der Waals surface area contributed by atoms with Crippen LogP contribution in [0, 0.1) is 5.92 Å². The van der Waals surface area contributed by atoms with E-state index in [9.17, 15) is 4.79 Å². The van der Waals surface area contributed by atoms with Gasteiger partial charge in [-0.2, -0.15) is 0 Å². The number of hydrogen-bond donors (Lipinski definition) is 2. The van der Waals surface area contributed by atoms with Gasteiger partial charge in [-0.15, -0.1) is 11.3 Å². The maximum atomic E-state index is 12.0. The number of hydrogen-bond acceptors (Lipinski definition) is 3. The number of ether oxygens (including phenoxy) is 1. The summed E-state index contributed by atoms with van der Waals surface area (Å²) >= 11 is 1.79. The lowest BCUT2D eigenvalue weighted by Gasteiger charge is -2.34. The number of nitrogens with one attached hydrogen (secondary N) is 2. The highest BCUT2D eigenvalue weighted by Crippen LogP contribution is 2.29. The molecule has 0 unspecified atom stereocenters. The maximum absolute atomic E-state index is 12.0. The van der Waals surface area contributed by atoms with Gasteiger partial charge in [-0.1, -0.05) is 6.07 Å². The lowest BCUT2D eigenvalue weighted by molar-refractivity contribution is -0.939. The number of thiophene rings is 1. The molecule has 20 heavy (non-hydrogen) atoms. The van der Waals surface area contributed by atoms with Gasteiger partial charge in [0.05, 0.1) is 24.1 Å². The van der Waals surface area contributed by atoms with Crippen molar-refractivity contribution in [2.75, 3.05) is 26.3 Å². The summed E-state index contributed by atoms with van der Waals surface area (Å²) in [5, 5.41) is 5.36. The summed E-state index contributed by atoms with van der Waals surface area (Å²) in [5.74, 6) is 0.521. The van der Waals surface area contributed by atoms with Crippen LogP contribution < -0.4 is 10.2 Å². The van der Waals surface area contributed by atoms with Crippen molar-refractivity contribution in [2.45, 2.75) is 31.8 Å². The monoisotopic (exact) mass is 295 g/mol. The Morgan fingerprint density at radius 2 is 2.20 bits per heavy atom. The molecule has 1 saturated carbocycles. The van der Waals surface area contributed by atoms with Gasteiger partial charge in [0.2, 0.25) is 5.91 Å². The summed E-state index contributed by atoms with van der Waals surface area (Å²) in [6.07, 6.45) is 2.12. The molecule has 2 atom stereocenters. The number of quaternary nitrogens is 1. The Morgan fingerprint density at radius 1 is 1.45 bits per heavy atom. The van der Waals surface area contributed by atoms with Crippen LogP contribution in [0.3, 0.4) is 0 Å². The van der Waals surface area contributed by atoms with Crippen LogP contribution in [0.4, 0.5) is 0 Å². The van der Waals surface area contributed by atoms with E-state index in [1.54, 1.807) is 11.3 Å². The summed E-state index contributed by atoms with van der Waals surface area (Å²) in [6, 6.07) is 4.82. The highest BCUT2D eigenvalue weighted by atomic mass is 32.1. The molecule has 0 aromatic carbocycles. The van der Waals surface area contributed by atoms with E-state index in [1.165, 1.54) is 9.78 Å². The zero-order valence-corrected chi connectivity index (χ0v) is 12.7. The summed E-state index contributed by atoms with van der Waals surface area (Å²) in [7, 11) is 0. The van der Waals surface area contributed by atoms with Crippen molar-refractivity contribution in [1.29, 1.82) is 0 Å². The zero-order valence-electron chi connectivity index (χ0n) is 11.9. The SMILES string of the molecule is C[C@@H](NC(=O)C1CC1)[C@@H](c1cccs1)[NH+]1CCOCC1. The van der Waals surface area contributed by atoms with Gasteiger partial charge in [0.25, 0.3) is 0 Å². The average Bonchev–Trinajstić information content (AvgIpc) is 3.18. The second kappa shape index (κ2) is 6.24. The lowest BCUT2D eigenvalue weighted by Crippen LogP contribution is -3.15. The van der Waals surface area contributed by atoms with Gasteiger partial charge in [0, 0.05) is 5.92 Å². The third-order valence-electron chi connectivity index (χ3n) is 4.24. The first-order valence-electron chi connectivity index (χ1n) is 7.52. The third kappa shape index (κ3) is 3.22. The van der Waals surface area contributed by atoms with Crippen LogP contribution in [0.15, 0.2) is 17.5 Å². The van der Waals surface area contributed by atoms with E-state index < -0.39 is 0 Å². The summed E-state index contributed by atoms with van der Waals surface area (Å²) < 4.78 is 5.47. The Balaban J connectivity index is 1.71. The first-order chi connectivity index (χ1) is 9.75. The van der Waals surface area contributed by atoms with Crippen molar-refractivity contribution in [3.8, 4) is 0 Å². The van der Waals surface area contributed by atoms with Gasteiger partial charge in [-0.3, -0.25) is 4.79 Å². The Labute approximate surface area is 124 Å². The van der Waals surface area contributed by atoms with Crippen LogP contribution in [0.5, 0.6) is 0 Å². The number of morpholine rings is 1. The topological polar surface area (TPSA) is 42.8 Å². The molecule has 1 aromatic rings. The van der Waals surface area contributed by atoms with Gasteiger partial charge < -0.3 is 15.0 Å². The average molecular weight is 295 g/mol. The standard InChI is InChI=1S/C15H22N2O2S/c1-11(16-15(18)12-4-5-12)14(13-3-2-10-20-13)17-6-8-19-9-7-17/h2-3,10-12,14H,4-9H2,1H3,(H,16,18)/p+1/t11-,14+/m1/s1. The Kier molecular flexibility index (Phi) is 4.38. The molecule has 1 aliphatic heterocycles. The Hall–Kier alpha value is -0.910. The van der Waals surface area contributed by atoms with Crippen molar-refractivity contribution in [2.24, 2.45) is 5.92 Å². The lowest BCUT2D eigenvalue weighted by atomic mass is 10.1. The molecule has 2 heterocycles. The van der Waals surface area contributed by atoms with Gasteiger partial charge in [0.15, 0.2) is 0 Å². The molecule has 2 N–H and O–H groups in total. The van der Waals surface area contributed by atoms with Crippen LogP contribution in [-0.2, 0) is 9.53 Å². The molecule has 0 bridgehead atoms. The molecule has 1 saturated heterocycles. The minimum absolute atomic E-state index is 0.176. The number of carbonyl (C=O) groups excluding carboxylic acids is 1. The maximum Gasteiger partial charge on any atom is 0.223 e. The first-order valence-corrected chi connectivity index (χ1v) is 8.40. The first kappa shape index (κ1) is 14.0. The predicted molar refractivity (Wildman–Crippen MR) is 78.9 cm³/mol. The fourth-order valence-corrected chi connectivity index (χ4v) is 3.97. The molecule has 5 heteroatoms. The Bertz CT molecular complexity index is 439. The third-order valence-corrected chi connectivity index (χ3v) is 5.20. The van der Waals surface area contributed by atoms with Crippen LogP contribution >= 0.6 is 11.3 Å². The van der Waals surface area contributed by atoms with E-state index in [0.717, 1.165) is 39.1 Å². The molecule has 1 amide bonds. The van der Waals surface area contributed by atoms with Crippen molar-refractivity contribution in [3.05, 3.63) is 22.4 Å². The van der Waals surface area contributed by atoms with Crippen molar-refractivity contribution in [1.82, 2.24) is 5.32 Å². The summed E-state index contributed by atoms with van der Waals surface area (Å²) in [5.41, 5.74) is 0. The molecule has 1 aliphatic carbocycles. The molecule has 3 rings (SSSR count). The van der Waals surface area contributed by atoms with E-state index in [-0.39, 0.29) is 17.9 Å². The smallest absolute Gasteiger partial charge is 0.223 e. The second-order valence-corrected chi connectivity index (χ2v) is 6.81. The highest BCUT2D eigenvalue weighted by Gasteiger charge is 2.36. The van der Waals surface area contributed by atoms with Gasteiger partial charge >= 0.3 is 0 Å². The normalized spacial score (nSPS) is 23.2. The van der Waals surface area contributed by atoms with Crippen LogP contribution in [-0.4, -0.2) is 38.3 Å². The van der Waals surface area contributed by atoms with Crippen molar-refractivity contribution in [3.63, 3.8) is 0 Å². The molecular weight excluding hydrogens is 272 g/mol. The molecule has 1 aromatic heterocycles. The predicted octanol–water partition coefficient (Wildman–Crippen LogP) is 0.619. The highest BCUT2D eigenvalue weighted by molar-refractivity contribution is 7.10. The zero-order chi connectivity index (χ0) is 13.9. The van der Waals surface area contributed by atoms with Crippen molar-refractivity contribution >= 4 is 17.2 Å². The van der Waals surface area contributed by atoms with Gasteiger partial charge in [0.1, 0.15) is 19.1 Å². The molecule has 2 aliphatic rings. The second-order valence-electron chi connectivity index (χ2n) is 5.84. The summed E-state index contributed by atoms with van der Waals surface area (Å²) in [6.45, 7) is 5.83. The molecular formula is C15H23N2O2S+. The van der Waals surface area contributed by atoms with E-state index in [4.69, 9.17) is 4.74 Å². The largest absolute Gasteiger partial charge is 0.370 e. The number of amides is 1. The molecule has 4 nitrogen and oxygen atoms in total.